The summed E-state index contributed by atoms with van der Waals surface area (Å²) in [6.45, 7) is 0.941. The lowest BCUT2D eigenvalue weighted by Crippen LogP contribution is -2.14. The van der Waals surface area contributed by atoms with Crippen LogP contribution < -0.4 is 5.32 Å². The number of aromatic nitrogens is 1. The highest BCUT2D eigenvalue weighted by Crippen LogP contribution is 2.04. The van der Waals surface area contributed by atoms with Crippen molar-refractivity contribution in [2.75, 3.05) is 20.3 Å². The second-order valence-electron chi connectivity index (χ2n) is 3.13. The Labute approximate surface area is 87.8 Å². The number of alkyl halides is 1. The molecule has 0 fully saturated rings. The van der Waals surface area contributed by atoms with Crippen LogP contribution in [0.1, 0.15) is 22.5 Å². The van der Waals surface area contributed by atoms with Gasteiger partial charge in [0.1, 0.15) is 5.69 Å². The van der Waals surface area contributed by atoms with Gasteiger partial charge in [0.15, 0.2) is 0 Å². The highest BCUT2D eigenvalue weighted by atomic mass is 19.1. The molecule has 0 aromatic carbocycles. The van der Waals surface area contributed by atoms with E-state index in [-0.39, 0.29) is 12.6 Å². The lowest BCUT2D eigenvalue weighted by Gasteiger charge is -1.99. The van der Waals surface area contributed by atoms with Crippen LogP contribution in [0.2, 0.25) is 0 Å². The van der Waals surface area contributed by atoms with E-state index in [9.17, 15) is 9.18 Å². The SMILES string of the molecule is COC(=O)c1cc(CNCCCF)c[nH]1. The third kappa shape index (κ3) is 3.71. The summed E-state index contributed by atoms with van der Waals surface area (Å²) >= 11 is 0. The molecule has 1 aromatic rings. The smallest absolute Gasteiger partial charge is 0.354 e. The van der Waals surface area contributed by atoms with Crippen molar-refractivity contribution in [3.8, 4) is 0 Å². The summed E-state index contributed by atoms with van der Waals surface area (Å²) in [6.07, 6.45) is 2.24. The first-order valence-electron chi connectivity index (χ1n) is 4.80. The molecule has 1 aromatic heterocycles. The number of H-pyrrole nitrogens is 1. The Balaban J connectivity index is 2.36. The molecular weight excluding hydrogens is 199 g/mol. The minimum atomic E-state index is -0.384. The normalized spacial score (nSPS) is 10.3. The number of carbonyl (C=O) groups excluding carboxylic acids is 1. The summed E-state index contributed by atoms with van der Waals surface area (Å²) in [7, 11) is 1.34. The molecule has 84 valence electrons. The fraction of sp³-hybridized carbons (Fsp3) is 0.500. The van der Waals surface area contributed by atoms with Crippen LogP contribution in [-0.2, 0) is 11.3 Å². The molecule has 15 heavy (non-hydrogen) atoms. The Morgan fingerprint density at radius 1 is 1.67 bits per heavy atom. The molecule has 0 amide bonds. The minimum Gasteiger partial charge on any atom is -0.464 e. The Bertz CT molecular complexity index is 312. The van der Waals surface area contributed by atoms with Crippen LogP contribution in [-0.4, -0.2) is 31.3 Å². The number of rotatable bonds is 6. The predicted octanol–water partition coefficient (Wildman–Crippen LogP) is 1.25. The predicted molar refractivity (Wildman–Crippen MR) is 54.4 cm³/mol. The number of carbonyl (C=O) groups is 1. The van der Waals surface area contributed by atoms with Gasteiger partial charge in [-0.15, -0.1) is 0 Å². The monoisotopic (exact) mass is 214 g/mol. The zero-order chi connectivity index (χ0) is 11.1. The molecule has 0 saturated heterocycles. The van der Waals surface area contributed by atoms with E-state index in [1.165, 1.54) is 7.11 Å². The fourth-order valence-electron chi connectivity index (χ4n) is 1.19. The van der Waals surface area contributed by atoms with Crippen molar-refractivity contribution in [3.63, 3.8) is 0 Å². The molecule has 2 N–H and O–H groups in total. The van der Waals surface area contributed by atoms with Crippen molar-refractivity contribution in [1.82, 2.24) is 10.3 Å². The Morgan fingerprint density at radius 2 is 2.47 bits per heavy atom. The number of nitrogens with one attached hydrogen (secondary N) is 2. The Morgan fingerprint density at radius 3 is 3.13 bits per heavy atom. The van der Waals surface area contributed by atoms with Gasteiger partial charge < -0.3 is 15.0 Å². The largest absolute Gasteiger partial charge is 0.464 e. The molecule has 0 aliphatic carbocycles. The molecule has 0 atom stereocenters. The van der Waals surface area contributed by atoms with Gasteiger partial charge in [-0.05, 0) is 24.6 Å². The number of aromatic amines is 1. The molecule has 4 nitrogen and oxygen atoms in total. The summed E-state index contributed by atoms with van der Waals surface area (Å²) in [6, 6.07) is 1.72. The molecule has 0 aliphatic rings. The van der Waals surface area contributed by atoms with Gasteiger partial charge in [-0.1, -0.05) is 0 Å². The molecule has 0 aliphatic heterocycles. The molecule has 0 saturated carbocycles. The van der Waals surface area contributed by atoms with Gasteiger partial charge >= 0.3 is 5.97 Å². The van der Waals surface area contributed by atoms with Crippen molar-refractivity contribution in [3.05, 3.63) is 23.5 Å². The van der Waals surface area contributed by atoms with Crippen LogP contribution in [0, 0.1) is 0 Å². The third-order valence-corrected chi connectivity index (χ3v) is 1.96. The maximum atomic E-state index is 11.8. The zero-order valence-electron chi connectivity index (χ0n) is 8.68. The second-order valence-corrected chi connectivity index (χ2v) is 3.13. The standard InChI is InChI=1S/C10H15FN2O2/c1-15-10(14)9-5-8(7-13-9)6-12-4-2-3-11/h5,7,12-13H,2-4,6H2,1H3. The van der Waals surface area contributed by atoms with Crippen LogP contribution in [0.5, 0.6) is 0 Å². The molecular formula is C10H15FN2O2. The number of hydrogen-bond donors (Lipinski definition) is 2. The van der Waals surface area contributed by atoms with Crippen LogP contribution in [0.4, 0.5) is 4.39 Å². The summed E-state index contributed by atoms with van der Waals surface area (Å²) in [5.41, 5.74) is 1.38. The summed E-state index contributed by atoms with van der Waals surface area (Å²) in [5.74, 6) is -0.384. The van der Waals surface area contributed by atoms with Crippen molar-refractivity contribution in [2.24, 2.45) is 0 Å². The van der Waals surface area contributed by atoms with E-state index in [4.69, 9.17) is 0 Å². The van der Waals surface area contributed by atoms with E-state index in [1.807, 2.05) is 0 Å². The van der Waals surface area contributed by atoms with Crippen LogP contribution >= 0.6 is 0 Å². The highest BCUT2D eigenvalue weighted by molar-refractivity contribution is 5.87. The van der Waals surface area contributed by atoms with Gasteiger partial charge in [0.05, 0.1) is 13.8 Å². The topological polar surface area (TPSA) is 54.1 Å². The van der Waals surface area contributed by atoms with Gasteiger partial charge in [-0.3, -0.25) is 4.39 Å². The lowest BCUT2D eigenvalue weighted by atomic mass is 10.3. The first-order valence-corrected chi connectivity index (χ1v) is 4.80. The summed E-state index contributed by atoms with van der Waals surface area (Å²) in [5, 5.41) is 3.06. The van der Waals surface area contributed by atoms with E-state index in [1.54, 1.807) is 12.3 Å². The Kier molecular flexibility index (Phi) is 4.83. The first kappa shape index (κ1) is 11.7. The van der Waals surface area contributed by atoms with Crippen molar-refractivity contribution in [1.29, 1.82) is 0 Å². The van der Waals surface area contributed by atoms with Crippen LogP contribution in [0.15, 0.2) is 12.3 Å². The molecule has 1 rings (SSSR count). The van der Waals surface area contributed by atoms with E-state index in [0.717, 1.165) is 5.56 Å². The maximum Gasteiger partial charge on any atom is 0.354 e. The number of hydrogen-bond acceptors (Lipinski definition) is 3. The number of ether oxygens (including phenoxy) is 1. The van der Waals surface area contributed by atoms with E-state index < -0.39 is 0 Å². The minimum absolute atomic E-state index is 0.312. The van der Waals surface area contributed by atoms with Crippen molar-refractivity contribution in [2.45, 2.75) is 13.0 Å². The highest BCUT2D eigenvalue weighted by Gasteiger charge is 2.07. The first-order chi connectivity index (χ1) is 7.27. The van der Waals surface area contributed by atoms with E-state index in [0.29, 0.717) is 25.2 Å². The van der Waals surface area contributed by atoms with Gasteiger partial charge in [0.25, 0.3) is 0 Å². The Hall–Kier alpha value is -1.36. The summed E-state index contributed by atoms with van der Waals surface area (Å²) in [4.78, 5) is 13.9. The molecule has 0 radical (unpaired) electrons. The fourth-order valence-corrected chi connectivity index (χ4v) is 1.19. The molecule has 0 bridgehead atoms. The number of esters is 1. The van der Waals surface area contributed by atoms with Gasteiger partial charge in [0, 0.05) is 12.7 Å². The average Bonchev–Trinajstić information content (AvgIpc) is 2.72. The lowest BCUT2D eigenvalue weighted by molar-refractivity contribution is 0.0595. The van der Waals surface area contributed by atoms with E-state index in [2.05, 4.69) is 15.0 Å². The van der Waals surface area contributed by atoms with Crippen LogP contribution in [0.25, 0.3) is 0 Å². The average molecular weight is 214 g/mol. The second kappa shape index (κ2) is 6.19. The number of halogens is 1. The van der Waals surface area contributed by atoms with Gasteiger partial charge in [-0.2, -0.15) is 0 Å². The third-order valence-electron chi connectivity index (χ3n) is 1.96. The molecule has 0 spiro atoms. The van der Waals surface area contributed by atoms with Gasteiger partial charge in [0.2, 0.25) is 0 Å². The molecule has 1 heterocycles. The quantitative estimate of drug-likeness (QED) is 0.553. The number of methoxy groups -OCH3 is 1. The van der Waals surface area contributed by atoms with Crippen molar-refractivity contribution < 1.29 is 13.9 Å². The van der Waals surface area contributed by atoms with E-state index >= 15 is 0 Å². The molecule has 5 heteroatoms. The zero-order valence-corrected chi connectivity index (χ0v) is 8.68. The maximum absolute atomic E-state index is 11.8. The van der Waals surface area contributed by atoms with Crippen molar-refractivity contribution >= 4 is 5.97 Å². The summed E-state index contributed by atoms with van der Waals surface area (Å²) < 4.78 is 16.3. The van der Waals surface area contributed by atoms with Crippen LogP contribution in [0.3, 0.4) is 0 Å². The van der Waals surface area contributed by atoms with Gasteiger partial charge in [-0.25, -0.2) is 4.79 Å². The molecule has 0 unspecified atom stereocenters.